The molecule has 1 N–H and O–H groups in total. The number of benzene rings is 2. The molecule has 0 unspecified atom stereocenters. The van der Waals surface area contributed by atoms with Crippen LogP contribution in [-0.2, 0) is 6.54 Å². The van der Waals surface area contributed by atoms with E-state index in [4.69, 9.17) is 14.5 Å². The Morgan fingerprint density at radius 1 is 1.08 bits per heavy atom. The fraction of sp³-hybridized carbons (Fsp3) is 0.250. The molecule has 0 saturated heterocycles. The molecule has 5 nitrogen and oxygen atoms in total. The minimum atomic E-state index is 0.0397. The highest BCUT2D eigenvalue weighted by molar-refractivity contribution is 7.07. The zero-order valence-corrected chi connectivity index (χ0v) is 15.9. The number of hydrogen-bond donors (Lipinski definition) is 1. The molecule has 2 aromatic carbocycles. The number of aliphatic hydroxyl groups excluding tert-OH is 1. The summed E-state index contributed by atoms with van der Waals surface area (Å²) in [7, 11) is 3.24. The third-order valence-electron chi connectivity index (χ3n) is 4.03. The fourth-order valence-corrected chi connectivity index (χ4v) is 3.72. The third-order valence-corrected chi connectivity index (χ3v) is 4.89. The number of aliphatic hydroxyl groups is 1. The number of methoxy groups -OCH3 is 2. The molecule has 0 aliphatic heterocycles. The highest BCUT2D eigenvalue weighted by Crippen LogP contribution is 2.32. The van der Waals surface area contributed by atoms with Gasteiger partial charge in [-0.3, -0.25) is 0 Å². The van der Waals surface area contributed by atoms with Crippen LogP contribution >= 0.6 is 11.3 Å². The Morgan fingerprint density at radius 3 is 2.58 bits per heavy atom. The van der Waals surface area contributed by atoms with Crippen molar-refractivity contribution < 1.29 is 14.6 Å². The molecule has 0 aliphatic carbocycles. The molecule has 3 aromatic rings. The number of hydrogen-bond acceptors (Lipinski definition) is 5. The van der Waals surface area contributed by atoms with Crippen LogP contribution in [0.4, 0.5) is 5.69 Å². The number of rotatable bonds is 6. The first-order valence-corrected chi connectivity index (χ1v) is 9.17. The van der Waals surface area contributed by atoms with Gasteiger partial charge in [0.1, 0.15) is 0 Å². The Labute approximate surface area is 156 Å². The largest absolute Gasteiger partial charge is 0.493 e. The summed E-state index contributed by atoms with van der Waals surface area (Å²) in [6, 6.07) is 13.9. The van der Waals surface area contributed by atoms with Crippen molar-refractivity contribution in [3.63, 3.8) is 0 Å². The van der Waals surface area contributed by atoms with Gasteiger partial charge in [0.2, 0.25) is 0 Å². The number of ether oxygens (including phenoxy) is 2. The molecule has 26 heavy (non-hydrogen) atoms. The maximum Gasteiger partial charge on any atom is 0.190 e. The number of aromatic nitrogens is 1. The van der Waals surface area contributed by atoms with Crippen LogP contribution in [0.5, 0.6) is 11.5 Å². The van der Waals surface area contributed by atoms with E-state index in [1.54, 1.807) is 25.6 Å². The highest BCUT2D eigenvalue weighted by Gasteiger charge is 2.11. The Morgan fingerprint density at radius 2 is 1.88 bits per heavy atom. The molecule has 0 fully saturated rings. The zero-order chi connectivity index (χ0) is 18.5. The Bertz CT molecular complexity index is 960. The van der Waals surface area contributed by atoms with Gasteiger partial charge < -0.3 is 19.1 Å². The second kappa shape index (κ2) is 8.21. The Balaban J connectivity index is 2.11. The molecule has 3 rings (SSSR count). The van der Waals surface area contributed by atoms with Gasteiger partial charge in [-0.05, 0) is 42.8 Å². The lowest BCUT2D eigenvalue weighted by Crippen LogP contribution is -2.17. The maximum atomic E-state index is 9.52. The molecule has 0 bridgehead atoms. The second-order valence-electron chi connectivity index (χ2n) is 5.80. The topological polar surface area (TPSA) is 56.0 Å². The van der Waals surface area contributed by atoms with Crippen LogP contribution in [0.2, 0.25) is 0 Å². The lowest BCUT2D eigenvalue weighted by molar-refractivity contribution is 0.275. The van der Waals surface area contributed by atoms with Crippen molar-refractivity contribution in [1.29, 1.82) is 0 Å². The average Bonchev–Trinajstić information content (AvgIpc) is 3.04. The van der Waals surface area contributed by atoms with Crippen LogP contribution in [0.25, 0.3) is 11.3 Å². The van der Waals surface area contributed by atoms with Gasteiger partial charge in [0.25, 0.3) is 0 Å². The molecular weight excluding hydrogens is 348 g/mol. The van der Waals surface area contributed by atoms with Crippen LogP contribution in [0.15, 0.2) is 52.8 Å². The van der Waals surface area contributed by atoms with Crippen molar-refractivity contribution in [2.75, 3.05) is 20.8 Å². The third kappa shape index (κ3) is 3.81. The number of nitrogens with zero attached hydrogens (tertiary/aromatic N) is 2. The summed E-state index contributed by atoms with van der Waals surface area (Å²) in [6.07, 6.45) is 0. The van der Waals surface area contributed by atoms with Gasteiger partial charge in [0.15, 0.2) is 16.3 Å². The smallest absolute Gasteiger partial charge is 0.190 e. The van der Waals surface area contributed by atoms with Crippen LogP contribution in [0.1, 0.15) is 5.56 Å². The van der Waals surface area contributed by atoms with Crippen LogP contribution < -0.4 is 14.3 Å². The molecular formula is C20H22N2O3S. The molecule has 0 radical (unpaired) electrons. The van der Waals surface area contributed by atoms with Crippen molar-refractivity contribution >= 4 is 17.0 Å². The highest BCUT2D eigenvalue weighted by atomic mass is 32.1. The van der Waals surface area contributed by atoms with Crippen molar-refractivity contribution in [1.82, 2.24) is 4.57 Å². The summed E-state index contributed by atoms with van der Waals surface area (Å²) >= 11 is 1.55. The van der Waals surface area contributed by atoms with E-state index in [1.807, 2.05) is 59.3 Å². The lowest BCUT2D eigenvalue weighted by atomic mass is 10.1. The average molecular weight is 370 g/mol. The number of thiazole rings is 1. The molecule has 0 spiro atoms. The Hall–Kier alpha value is -2.57. The summed E-state index contributed by atoms with van der Waals surface area (Å²) < 4.78 is 12.7. The monoisotopic (exact) mass is 370 g/mol. The van der Waals surface area contributed by atoms with Crippen molar-refractivity contribution in [3.8, 4) is 22.8 Å². The lowest BCUT2D eigenvalue weighted by Gasteiger charge is -2.11. The van der Waals surface area contributed by atoms with E-state index < -0.39 is 0 Å². The predicted molar refractivity (Wildman–Crippen MR) is 104 cm³/mol. The first-order chi connectivity index (χ1) is 12.7. The van der Waals surface area contributed by atoms with Gasteiger partial charge in [0, 0.05) is 17.5 Å². The maximum absolute atomic E-state index is 9.52. The van der Waals surface area contributed by atoms with E-state index >= 15 is 0 Å². The molecule has 1 heterocycles. The summed E-state index contributed by atoms with van der Waals surface area (Å²) in [4.78, 5) is 5.60. The van der Waals surface area contributed by atoms with Crippen molar-refractivity contribution in [2.45, 2.75) is 13.5 Å². The normalized spacial score (nSPS) is 11.6. The molecule has 0 amide bonds. The van der Waals surface area contributed by atoms with Gasteiger partial charge in [-0.2, -0.15) is 0 Å². The molecule has 0 saturated carbocycles. The molecule has 0 atom stereocenters. The van der Waals surface area contributed by atoms with Gasteiger partial charge in [0.05, 0.1) is 32.2 Å². The van der Waals surface area contributed by atoms with Gasteiger partial charge in [-0.1, -0.05) is 12.1 Å². The minimum Gasteiger partial charge on any atom is -0.493 e. The van der Waals surface area contributed by atoms with Crippen LogP contribution in [-0.4, -0.2) is 30.5 Å². The SMILES string of the molecule is COc1ccc(-c2csc(=Nc3cccc(C)c3)n2CCO)cc1OC. The van der Waals surface area contributed by atoms with E-state index in [2.05, 4.69) is 0 Å². The van der Waals surface area contributed by atoms with Gasteiger partial charge >= 0.3 is 0 Å². The quantitative estimate of drug-likeness (QED) is 0.719. The van der Waals surface area contributed by atoms with E-state index in [9.17, 15) is 5.11 Å². The molecule has 6 heteroatoms. The summed E-state index contributed by atoms with van der Waals surface area (Å²) in [5, 5.41) is 11.6. The Kier molecular flexibility index (Phi) is 5.75. The van der Waals surface area contributed by atoms with Crippen molar-refractivity contribution in [2.24, 2.45) is 4.99 Å². The molecule has 136 valence electrons. The van der Waals surface area contributed by atoms with Gasteiger partial charge in [-0.15, -0.1) is 11.3 Å². The van der Waals surface area contributed by atoms with Gasteiger partial charge in [-0.25, -0.2) is 4.99 Å². The number of aryl methyl sites for hydroxylation is 1. The van der Waals surface area contributed by atoms with E-state index in [0.717, 1.165) is 27.3 Å². The standard InChI is InChI=1S/C20H22N2O3S/c1-14-5-4-6-16(11-14)21-20-22(9-10-23)17(13-26-20)15-7-8-18(24-2)19(12-15)25-3/h4-8,11-13,23H,9-10H2,1-3H3. The molecule has 1 aromatic heterocycles. The summed E-state index contributed by atoms with van der Waals surface area (Å²) in [5.74, 6) is 1.36. The van der Waals surface area contributed by atoms with Crippen LogP contribution in [0, 0.1) is 6.92 Å². The van der Waals surface area contributed by atoms with E-state index in [1.165, 1.54) is 0 Å². The van der Waals surface area contributed by atoms with Crippen LogP contribution in [0.3, 0.4) is 0 Å². The first-order valence-electron chi connectivity index (χ1n) is 8.29. The minimum absolute atomic E-state index is 0.0397. The predicted octanol–water partition coefficient (Wildman–Crippen LogP) is 3.77. The fourth-order valence-electron chi connectivity index (χ4n) is 2.77. The first kappa shape index (κ1) is 18.2. The van der Waals surface area contributed by atoms with E-state index in [-0.39, 0.29) is 6.61 Å². The summed E-state index contributed by atoms with van der Waals surface area (Å²) in [5.41, 5.74) is 4.03. The summed E-state index contributed by atoms with van der Waals surface area (Å²) in [6.45, 7) is 2.56. The zero-order valence-electron chi connectivity index (χ0n) is 15.1. The van der Waals surface area contributed by atoms with E-state index in [0.29, 0.717) is 18.0 Å². The second-order valence-corrected chi connectivity index (χ2v) is 6.64. The molecule has 0 aliphatic rings. The van der Waals surface area contributed by atoms with Crippen molar-refractivity contribution in [3.05, 3.63) is 58.2 Å².